The lowest BCUT2D eigenvalue weighted by Gasteiger charge is -2.21. The van der Waals surface area contributed by atoms with Crippen molar-refractivity contribution < 1.29 is 8.78 Å². The summed E-state index contributed by atoms with van der Waals surface area (Å²) in [4.78, 5) is 15.2. The van der Waals surface area contributed by atoms with Crippen LogP contribution >= 0.6 is 0 Å². The maximum atomic E-state index is 13.8. The highest BCUT2D eigenvalue weighted by molar-refractivity contribution is 5.81. The summed E-state index contributed by atoms with van der Waals surface area (Å²) in [7, 11) is 0. The molecule has 26 heavy (non-hydrogen) atoms. The second kappa shape index (κ2) is 6.94. The maximum absolute atomic E-state index is 13.8. The molecule has 4 nitrogen and oxygen atoms in total. The molecule has 1 saturated carbocycles. The summed E-state index contributed by atoms with van der Waals surface area (Å²) >= 11 is 0. The fourth-order valence-corrected chi connectivity index (χ4v) is 3.80. The van der Waals surface area contributed by atoms with E-state index in [9.17, 15) is 13.6 Å². The highest BCUT2D eigenvalue weighted by Gasteiger charge is 2.17. The van der Waals surface area contributed by atoms with Gasteiger partial charge in [0.05, 0.1) is 16.7 Å². The fraction of sp³-hybridized carbons (Fsp3) is 0.350. The molecule has 1 aliphatic rings. The predicted molar refractivity (Wildman–Crippen MR) is 98.8 cm³/mol. The number of fused-ring (bicyclic) bond motifs is 1. The van der Waals surface area contributed by atoms with Crippen molar-refractivity contribution in [1.82, 2.24) is 9.55 Å². The summed E-state index contributed by atoms with van der Waals surface area (Å²) in [6.45, 7) is 0.734. The van der Waals surface area contributed by atoms with Crippen molar-refractivity contribution in [2.75, 3.05) is 5.32 Å². The first-order valence-electron chi connectivity index (χ1n) is 9.05. The quantitative estimate of drug-likeness (QED) is 0.695. The van der Waals surface area contributed by atoms with Gasteiger partial charge in [0.15, 0.2) is 0 Å². The van der Waals surface area contributed by atoms with E-state index in [1.165, 1.54) is 44.2 Å². The zero-order valence-electron chi connectivity index (χ0n) is 14.4. The van der Waals surface area contributed by atoms with E-state index in [4.69, 9.17) is 0 Å². The smallest absolute Gasteiger partial charge is 0.326 e. The van der Waals surface area contributed by atoms with Crippen LogP contribution in [0.25, 0.3) is 11.0 Å². The first kappa shape index (κ1) is 16.8. The average Bonchev–Trinajstić information content (AvgIpc) is 2.93. The van der Waals surface area contributed by atoms with Crippen LogP contribution in [0, 0.1) is 17.6 Å². The lowest BCUT2D eigenvalue weighted by atomic mass is 9.89. The Morgan fingerprint density at radius 2 is 1.88 bits per heavy atom. The van der Waals surface area contributed by atoms with Crippen molar-refractivity contribution in [2.24, 2.45) is 5.92 Å². The van der Waals surface area contributed by atoms with Gasteiger partial charge in [-0.15, -0.1) is 0 Å². The summed E-state index contributed by atoms with van der Waals surface area (Å²) in [6, 6.07) is 8.83. The van der Waals surface area contributed by atoms with Gasteiger partial charge in [0.25, 0.3) is 0 Å². The Labute approximate surface area is 149 Å². The normalized spacial score (nSPS) is 15.5. The second-order valence-electron chi connectivity index (χ2n) is 7.03. The van der Waals surface area contributed by atoms with Crippen LogP contribution in [0.15, 0.2) is 41.2 Å². The number of nitrogens with zero attached hydrogens (tertiary/aromatic N) is 1. The highest BCUT2D eigenvalue weighted by Crippen LogP contribution is 2.27. The number of H-pyrrole nitrogens is 1. The van der Waals surface area contributed by atoms with Crippen LogP contribution in [0.4, 0.5) is 20.2 Å². The van der Waals surface area contributed by atoms with E-state index in [2.05, 4.69) is 10.3 Å². The number of rotatable bonds is 4. The molecule has 6 heteroatoms. The summed E-state index contributed by atoms with van der Waals surface area (Å²) in [5, 5.41) is 2.93. The highest BCUT2D eigenvalue weighted by atomic mass is 19.1. The molecule has 3 aromatic rings. The molecule has 0 atom stereocenters. The zero-order valence-corrected chi connectivity index (χ0v) is 14.4. The monoisotopic (exact) mass is 357 g/mol. The van der Waals surface area contributed by atoms with Gasteiger partial charge in [-0.05, 0) is 49.1 Å². The number of imidazole rings is 1. The van der Waals surface area contributed by atoms with Gasteiger partial charge in [-0.25, -0.2) is 13.6 Å². The van der Waals surface area contributed by atoms with Crippen LogP contribution in [0.2, 0.25) is 0 Å². The molecular formula is C20H21F2N3O. The number of hydrogen-bond acceptors (Lipinski definition) is 2. The maximum Gasteiger partial charge on any atom is 0.326 e. The SMILES string of the molecule is O=c1[nH]c2cc(Nc3ccc(F)cc3F)ccc2n1CC1CCCCC1. The van der Waals surface area contributed by atoms with Gasteiger partial charge in [-0.1, -0.05) is 19.3 Å². The van der Waals surface area contributed by atoms with Gasteiger partial charge in [-0.2, -0.15) is 0 Å². The van der Waals surface area contributed by atoms with E-state index in [0.29, 0.717) is 17.1 Å². The van der Waals surface area contributed by atoms with E-state index in [1.54, 1.807) is 16.7 Å². The van der Waals surface area contributed by atoms with Crippen LogP contribution < -0.4 is 11.0 Å². The molecule has 1 aromatic heterocycles. The molecule has 1 fully saturated rings. The number of nitrogens with one attached hydrogen (secondary N) is 2. The number of benzene rings is 2. The number of anilines is 2. The van der Waals surface area contributed by atoms with Crippen molar-refractivity contribution in [3.63, 3.8) is 0 Å². The molecule has 0 unspecified atom stereocenters. The number of hydrogen-bond donors (Lipinski definition) is 2. The Hall–Kier alpha value is -2.63. The van der Waals surface area contributed by atoms with Gasteiger partial charge in [0.2, 0.25) is 0 Å². The Morgan fingerprint density at radius 1 is 1.08 bits per heavy atom. The summed E-state index contributed by atoms with van der Waals surface area (Å²) in [5.74, 6) is -0.729. The Balaban J connectivity index is 1.60. The topological polar surface area (TPSA) is 49.8 Å². The molecule has 0 spiro atoms. The van der Waals surface area contributed by atoms with Gasteiger partial charge < -0.3 is 10.3 Å². The first-order valence-corrected chi connectivity index (χ1v) is 9.05. The van der Waals surface area contributed by atoms with Crippen LogP contribution in [0.3, 0.4) is 0 Å². The minimum Gasteiger partial charge on any atom is -0.353 e. The van der Waals surface area contributed by atoms with Crippen molar-refractivity contribution in [1.29, 1.82) is 0 Å². The molecule has 1 heterocycles. The van der Waals surface area contributed by atoms with E-state index in [0.717, 1.165) is 18.1 Å². The summed E-state index contributed by atoms with van der Waals surface area (Å²) in [5.41, 5.74) is 2.27. The average molecular weight is 357 g/mol. The third-order valence-electron chi connectivity index (χ3n) is 5.15. The number of aromatic nitrogens is 2. The molecule has 0 bridgehead atoms. The molecule has 0 amide bonds. The third kappa shape index (κ3) is 3.36. The summed E-state index contributed by atoms with van der Waals surface area (Å²) in [6.07, 6.45) is 6.09. The molecule has 1 aliphatic carbocycles. The van der Waals surface area contributed by atoms with Crippen molar-refractivity contribution in [2.45, 2.75) is 38.6 Å². The summed E-state index contributed by atoms with van der Waals surface area (Å²) < 4.78 is 28.6. The van der Waals surface area contributed by atoms with Crippen LogP contribution in [-0.2, 0) is 6.54 Å². The Morgan fingerprint density at radius 3 is 2.65 bits per heavy atom. The molecule has 2 aromatic carbocycles. The van der Waals surface area contributed by atoms with Gasteiger partial charge >= 0.3 is 5.69 Å². The standard InChI is InChI=1S/C20H21F2N3O/c21-14-6-8-17(16(22)10-14)23-15-7-9-19-18(11-15)24-20(26)25(19)12-13-4-2-1-3-5-13/h6-11,13,23H,1-5,12H2,(H,24,26). The Kier molecular flexibility index (Phi) is 4.49. The van der Waals surface area contributed by atoms with E-state index in [1.807, 2.05) is 6.07 Å². The zero-order chi connectivity index (χ0) is 18.1. The molecule has 0 saturated heterocycles. The molecule has 0 radical (unpaired) electrons. The van der Waals surface area contributed by atoms with E-state index in [-0.39, 0.29) is 11.4 Å². The fourth-order valence-electron chi connectivity index (χ4n) is 3.80. The van der Waals surface area contributed by atoms with Gasteiger partial charge in [0.1, 0.15) is 11.6 Å². The van der Waals surface area contributed by atoms with Crippen LogP contribution in [0.1, 0.15) is 32.1 Å². The number of halogens is 2. The molecule has 136 valence electrons. The molecule has 2 N–H and O–H groups in total. The molecule has 4 rings (SSSR count). The third-order valence-corrected chi connectivity index (χ3v) is 5.15. The van der Waals surface area contributed by atoms with Gasteiger partial charge in [0, 0.05) is 18.3 Å². The predicted octanol–water partition coefficient (Wildman–Crippen LogP) is 4.93. The molecular weight excluding hydrogens is 336 g/mol. The minimum atomic E-state index is -0.659. The lowest BCUT2D eigenvalue weighted by Crippen LogP contribution is -2.22. The van der Waals surface area contributed by atoms with E-state index < -0.39 is 11.6 Å². The van der Waals surface area contributed by atoms with Crippen molar-refractivity contribution >= 4 is 22.4 Å². The van der Waals surface area contributed by atoms with Crippen molar-refractivity contribution in [3.8, 4) is 0 Å². The van der Waals surface area contributed by atoms with Crippen molar-refractivity contribution in [3.05, 3.63) is 58.5 Å². The second-order valence-corrected chi connectivity index (χ2v) is 7.03. The van der Waals surface area contributed by atoms with Crippen LogP contribution in [-0.4, -0.2) is 9.55 Å². The Bertz CT molecular complexity index is 986. The first-order chi connectivity index (χ1) is 12.6. The van der Waals surface area contributed by atoms with Crippen LogP contribution in [0.5, 0.6) is 0 Å². The van der Waals surface area contributed by atoms with E-state index >= 15 is 0 Å². The minimum absolute atomic E-state index is 0.115. The largest absolute Gasteiger partial charge is 0.353 e. The number of aromatic amines is 1. The van der Waals surface area contributed by atoms with Gasteiger partial charge in [-0.3, -0.25) is 4.57 Å². The molecule has 0 aliphatic heterocycles. The lowest BCUT2D eigenvalue weighted by molar-refractivity contribution is 0.319.